The number of hydrogen-bond acceptors (Lipinski definition) is 10. The van der Waals surface area contributed by atoms with E-state index in [0.29, 0.717) is 54.5 Å². The van der Waals surface area contributed by atoms with Crippen LogP contribution < -0.4 is 20.3 Å². The minimum absolute atomic E-state index is 0.0163. The van der Waals surface area contributed by atoms with Gasteiger partial charge in [-0.15, -0.1) is 13.2 Å². The molecule has 2 aliphatic rings. The van der Waals surface area contributed by atoms with Crippen LogP contribution in [0.3, 0.4) is 0 Å². The minimum atomic E-state index is -5.07. The number of hydrogen-bond donors (Lipinski definition) is 3. The van der Waals surface area contributed by atoms with E-state index in [0.717, 1.165) is 6.07 Å². The number of carbonyl (C=O) groups excluding carboxylic acids is 4. The summed E-state index contributed by atoms with van der Waals surface area (Å²) in [6, 6.07) is 10.7. The summed E-state index contributed by atoms with van der Waals surface area (Å²) < 4.78 is 56.1. The van der Waals surface area contributed by atoms with Crippen molar-refractivity contribution in [2.45, 2.75) is 78.6 Å². The van der Waals surface area contributed by atoms with E-state index in [1.165, 1.54) is 19.4 Å². The van der Waals surface area contributed by atoms with Gasteiger partial charge in [0.15, 0.2) is 0 Å². The van der Waals surface area contributed by atoms with Crippen LogP contribution >= 0.6 is 11.6 Å². The second-order valence-electron chi connectivity index (χ2n) is 17.0. The van der Waals surface area contributed by atoms with Crippen molar-refractivity contribution in [3.05, 3.63) is 77.3 Å². The van der Waals surface area contributed by atoms with Gasteiger partial charge in [-0.3, -0.25) is 14.4 Å². The maximum absolute atomic E-state index is 13.8. The standard InChI is InChI=1S/C44H52ClF3N8O7/c1-24(2)37(53-42(60)62-8)40(58)56-23-29(61-7)17-34(56)38-50-21-33(51-38)27-11-9-26(10-12-27)30-18-31(45)32(19-35(30)63-44(46,47)48)52-39(57)28-13-14-36(49-20-28)55-16-15-54(22-25(55)3)41(59)43(4,5)6/h9-14,18-21,24-25,29,34,37H,15-17,22-23H2,1-8H3,(H,50,51)(H,52,57)(H,53,60)/t25-,29-,34+,37+/m1/s1. The number of nitrogens with one attached hydrogen (secondary N) is 3. The number of likely N-dealkylation sites (tertiary alicyclic amines) is 1. The van der Waals surface area contributed by atoms with Gasteiger partial charge >= 0.3 is 12.5 Å². The lowest BCUT2D eigenvalue weighted by atomic mass is 9.94. The van der Waals surface area contributed by atoms with Gasteiger partial charge in [0.05, 0.1) is 47.4 Å². The van der Waals surface area contributed by atoms with Crippen LogP contribution in [0.2, 0.25) is 5.02 Å². The van der Waals surface area contributed by atoms with E-state index in [1.54, 1.807) is 54.6 Å². The fraction of sp³-hybridized carbons (Fsp3) is 0.455. The number of nitrogens with zero attached hydrogens (tertiary/aromatic N) is 5. The molecule has 4 heterocycles. The van der Waals surface area contributed by atoms with Gasteiger partial charge in [0.1, 0.15) is 23.4 Å². The quantitative estimate of drug-likeness (QED) is 0.136. The zero-order valence-electron chi connectivity index (χ0n) is 36.3. The van der Waals surface area contributed by atoms with Crippen LogP contribution in [0.15, 0.2) is 60.9 Å². The van der Waals surface area contributed by atoms with Gasteiger partial charge in [-0.25, -0.2) is 14.8 Å². The van der Waals surface area contributed by atoms with Crippen molar-refractivity contribution in [3.8, 4) is 28.1 Å². The third kappa shape index (κ3) is 10.8. The lowest BCUT2D eigenvalue weighted by molar-refractivity contribution is -0.274. The van der Waals surface area contributed by atoms with Crippen LogP contribution in [-0.4, -0.2) is 114 Å². The Kier molecular flexibility index (Phi) is 13.9. The summed E-state index contributed by atoms with van der Waals surface area (Å²) >= 11 is 6.60. The SMILES string of the molecule is COC(=O)N[C@H](C(=O)N1C[C@H](OC)C[C@H]1c1ncc(-c2ccc(-c3cc(Cl)c(NC(=O)c4ccc(N5CCN(C(=O)C(C)(C)C)C[C@H]5C)nc4)cc3OC(F)(F)F)cc2)[nH]1)C(C)C. The van der Waals surface area contributed by atoms with Crippen molar-refractivity contribution in [2.75, 3.05) is 50.6 Å². The molecular formula is C44H52ClF3N8O7. The summed E-state index contributed by atoms with van der Waals surface area (Å²) in [5, 5.41) is 5.16. The molecule has 4 aromatic rings. The Bertz CT molecular complexity index is 2300. The molecule has 3 N–H and O–H groups in total. The number of aromatic nitrogens is 3. The lowest BCUT2D eigenvalue weighted by Crippen LogP contribution is -2.56. The molecule has 4 amide bonds. The molecule has 0 unspecified atom stereocenters. The highest BCUT2D eigenvalue weighted by Gasteiger charge is 2.42. The normalized spacial score (nSPS) is 18.6. The number of halogens is 4. The van der Waals surface area contributed by atoms with Crippen molar-refractivity contribution in [1.82, 2.24) is 30.1 Å². The molecule has 0 bridgehead atoms. The molecule has 0 radical (unpaired) electrons. The smallest absolute Gasteiger partial charge is 0.453 e. The Labute approximate surface area is 368 Å². The number of pyridine rings is 1. The number of aromatic amines is 1. The average molecular weight is 897 g/mol. The van der Waals surface area contributed by atoms with Crippen LogP contribution in [0.25, 0.3) is 22.4 Å². The third-order valence-corrected chi connectivity index (χ3v) is 11.4. The summed E-state index contributed by atoms with van der Waals surface area (Å²) in [6.07, 6.45) is -2.67. The number of alkyl halides is 3. The Morgan fingerprint density at radius 3 is 2.22 bits per heavy atom. The molecule has 6 rings (SSSR count). The van der Waals surface area contributed by atoms with E-state index in [2.05, 4.69) is 30.3 Å². The highest BCUT2D eigenvalue weighted by atomic mass is 35.5. The Morgan fingerprint density at radius 1 is 0.937 bits per heavy atom. The van der Waals surface area contributed by atoms with Crippen LogP contribution in [0.5, 0.6) is 5.75 Å². The van der Waals surface area contributed by atoms with Crippen molar-refractivity contribution in [2.24, 2.45) is 11.3 Å². The van der Waals surface area contributed by atoms with Crippen LogP contribution in [-0.2, 0) is 19.1 Å². The number of rotatable bonds is 11. The second-order valence-corrected chi connectivity index (χ2v) is 17.4. The molecule has 4 atom stereocenters. The summed E-state index contributed by atoms with van der Waals surface area (Å²) in [5.74, 6) is -0.636. The Hall–Kier alpha value is -5.88. The van der Waals surface area contributed by atoms with E-state index >= 15 is 0 Å². The van der Waals surface area contributed by atoms with Crippen LogP contribution in [0.1, 0.15) is 70.2 Å². The van der Waals surface area contributed by atoms with Gasteiger partial charge in [0, 0.05) is 69.0 Å². The number of anilines is 2. The van der Waals surface area contributed by atoms with E-state index < -0.39 is 41.6 Å². The molecule has 2 aromatic heterocycles. The first kappa shape index (κ1) is 46.6. The largest absolute Gasteiger partial charge is 0.573 e. The van der Waals surface area contributed by atoms with Crippen LogP contribution in [0.4, 0.5) is 29.5 Å². The highest BCUT2D eigenvalue weighted by molar-refractivity contribution is 6.34. The molecule has 15 nitrogen and oxygen atoms in total. The van der Waals surface area contributed by atoms with Crippen molar-refractivity contribution in [3.63, 3.8) is 0 Å². The number of H-pyrrole nitrogens is 1. The maximum Gasteiger partial charge on any atom is 0.573 e. The first-order chi connectivity index (χ1) is 29.7. The topological polar surface area (TPSA) is 171 Å². The monoisotopic (exact) mass is 896 g/mol. The van der Waals surface area contributed by atoms with Gasteiger partial charge in [-0.05, 0) is 42.2 Å². The fourth-order valence-corrected chi connectivity index (χ4v) is 7.97. The van der Waals surface area contributed by atoms with Crippen molar-refractivity contribution < 1.29 is 46.6 Å². The number of amides is 4. The number of ether oxygens (including phenoxy) is 3. The molecule has 2 saturated heterocycles. The fourth-order valence-electron chi connectivity index (χ4n) is 7.76. The zero-order chi connectivity index (χ0) is 46.0. The zero-order valence-corrected chi connectivity index (χ0v) is 37.1. The van der Waals surface area contributed by atoms with Crippen LogP contribution in [0, 0.1) is 11.3 Å². The first-order valence-electron chi connectivity index (χ1n) is 20.4. The predicted molar refractivity (Wildman–Crippen MR) is 230 cm³/mol. The minimum Gasteiger partial charge on any atom is -0.453 e. The second kappa shape index (κ2) is 18.8. The highest BCUT2D eigenvalue weighted by Crippen LogP contribution is 2.41. The van der Waals surface area contributed by atoms with Gasteiger partial charge in [0.25, 0.3) is 5.91 Å². The number of methoxy groups -OCH3 is 2. The number of benzene rings is 2. The molecular weight excluding hydrogens is 845 g/mol. The van der Waals surface area contributed by atoms with Gasteiger partial charge in [-0.1, -0.05) is 70.5 Å². The van der Waals surface area contributed by atoms with E-state index in [9.17, 15) is 32.3 Å². The third-order valence-electron chi connectivity index (χ3n) is 11.1. The van der Waals surface area contributed by atoms with Crippen molar-refractivity contribution >= 4 is 46.9 Å². The molecule has 0 saturated carbocycles. The summed E-state index contributed by atoms with van der Waals surface area (Å²) in [7, 11) is 2.78. The molecule has 338 valence electrons. The maximum atomic E-state index is 13.8. The Morgan fingerprint density at radius 2 is 1.63 bits per heavy atom. The van der Waals surface area contributed by atoms with E-state index in [-0.39, 0.29) is 58.3 Å². The number of piperazine rings is 1. The van der Waals surface area contributed by atoms with Crippen molar-refractivity contribution in [1.29, 1.82) is 0 Å². The number of alkyl carbamates (subject to hydrolysis) is 1. The van der Waals surface area contributed by atoms with E-state index in [1.807, 2.05) is 51.3 Å². The molecule has 19 heteroatoms. The number of carbonyl (C=O) groups is 4. The summed E-state index contributed by atoms with van der Waals surface area (Å²) in [6.45, 7) is 13.1. The molecule has 63 heavy (non-hydrogen) atoms. The molecule has 0 spiro atoms. The van der Waals surface area contributed by atoms with Gasteiger partial charge in [0.2, 0.25) is 11.8 Å². The van der Waals surface area contributed by atoms with Gasteiger partial charge in [-0.2, -0.15) is 0 Å². The summed E-state index contributed by atoms with van der Waals surface area (Å²) in [4.78, 5) is 69.8. The van der Waals surface area contributed by atoms with Gasteiger partial charge < -0.3 is 44.5 Å². The molecule has 0 aliphatic carbocycles. The average Bonchev–Trinajstić information content (AvgIpc) is 3.91. The lowest BCUT2D eigenvalue weighted by Gasteiger charge is -2.42. The molecule has 2 aromatic carbocycles. The number of imidazole rings is 1. The Balaban J connectivity index is 1.18. The first-order valence-corrected chi connectivity index (χ1v) is 20.8. The predicted octanol–water partition coefficient (Wildman–Crippen LogP) is 7.70. The van der Waals surface area contributed by atoms with E-state index in [4.69, 9.17) is 21.1 Å². The molecule has 2 fully saturated rings. The molecule has 2 aliphatic heterocycles. The summed E-state index contributed by atoms with van der Waals surface area (Å²) in [5.41, 5.74) is 1.11.